The number of nitrogens with one attached hydrogen (secondary N) is 1. The number of esters is 2. The third-order valence-corrected chi connectivity index (χ3v) is 15.2. The molecule has 4 bridgehead atoms. The van der Waals surface area contributed by atoms with E-state index in [1.807, 2.05) is 13.0 Å². The second-order valence-electron chi connectivity index (χ2n) is 20.5. The van der Waals surface area contributed by atoms with Crippen LogP contribution in [0.15, 0.2) is 30.9 Å². The maximum absolute atomic E-state index is 15.3. The van der Waals surface area contributed by atoms with Gasteiger partial charge in [-0.25, -0.2) is 14.4 Å². The van der Waals surface area contributed by atoms with Gasteiger partial charge in [0.2, 0.25) is 6.79 Å². The average molecular weight is 997 g/mol. The number of carbonyl (C=O) groups excluding carboxylic acids is 4. The van der Waals surface area contributed by atoms with Crippen LogP contribution >= 0.6 is 11.8 Å². The molecule has 7 aliphatic heterocycles. The standard InChI is InChI=1S/C52H60N4O14S/c1-13-16-55-31-18-29-17-25(2)41(62-12)45(68-49(60)70-51(8,9)10)36(29)39(55)40-46-38-37(44-43(64-24-65-44)26(3)42(38)66-27(4)57)33(56(40)32(31)21-53)22-63-47(58)52(23-71-46)30-20-34(61-11)35(19-28(30)14-15-54-52)67-48(59)69-50(5,6)7/h13,17,19-20,31-33,39-40,46,54H,1,14-16,18,22-24H2,2-12H3/t31?,32-,33-,39?,40+,46+,52+/m0/s1. The quantitative estimate of drug-likeness (QED) is 0.0790. The molecule has 2 saturated heterocycles. The fourth-order valence-corrected chi connectivity index (χ4v) is 13.0. The van der Waals surface area contributed by atoms with Crippen LogP contribution in [-0.2, 0) is 42.2 Å². The summed E-state index contributed by atoms with van der Waals surface area (Å²) in [6.07, 6.45) is 0.760. The van der Waals surface area contributed by atoms with E-state index < -0.39 is 76.4 Å². The monoisotopic (exact) mass is 996 g/mol. The van der Waals surface area contributed by atoms with Crippen molar-refractivity contribution in [2.75, 3.05) is 46.5 Å². The van der Waals surface area contributed by atoms with Crippen LogP contribution in [-0.4, -0.2) is 110 Å². The van der Waals surface area contributed by atoms with E-state index in [9.17, 15) is 19.6 Å². The number of carbonyl (C=O) groups is 4. The van der Waals surface area contributed by atoms with Gasteiger partial charge in [-0.1, -0.05) is 12.1 Å². The van der Waals surface area contributed by atoms with Gasteiger partial charge in [-0.3, -0.25) is 19.9 Å². The van der Waals surface area contributed by atoms with Gasteiger partial charge in [0.15, 0.2) is 40.0 Å². The zero-order valence-electron chi connectivity index (χ0n) is 41.9. The third kappa shape index (κ3) is 8.55. The van der Waals surface area contributed by atoms with Crippen molar-refractivity contribution in [2.45, 2.75) is 127 Å². The van der Waals surface area contributed by atoms with Gasteiger partial charge in [0.25, 0.3) is 0 Å². The summed E-state index contributed by atoms with van der Waals surface area (Å²) < 4.78 is 60.4. The van der Waals surface area contributed by atoms with Crippen LogP contribution in [0.5, 0.6) is 40.2 Å². The summed E-state index contributed by atoms with van der Waals surface area (Å²) in [5, 5.41) is 14.4. The molecule has 7 heterocycles. The van der Waals surface area contributed by atoms with E-state index in [1.165, 1.54) is 32.9 Å². The predicted molar refractivity (Wildman–Crippen MR) is 258 cm³/mol. The zero-order chi connectivity index (χ0) is 51.1. The molecular formula is C52H60N4O14S. The zero-order valence-corrected chi connectivity index (χ0v) is 42.7. The molecule has 3 aromatic rings. The fraction of sp³-hybridized carbons (Fsp3) is 0.519. The van der Waals surface area contributed by atoms with E-state index in [0.29, 0.717) is 82.1 Å². The number of nitrogens with zero attached hydrogens (tertiary/aromatic N) is 3. The van der Waals surface area contributed by atoms with Crippen LogP contribution in [0.3, 0.4) is 0 Å². The number of piperazine rings is 1. The lowest BCUT2D eigenvalue weighted by Gasteiger charge is -2.62. The Labute approximate surface area is 417 Å². The number of hydrogen-bond donors (Lipinski definition) is 1. The van der Waals surface area contributed by atoms with Gasteiger partial charge in [0.1, 0.15) is 29.6 Å². The minimum absolute atomic E-state index is 0.0283. The summed E-state index contributed by atoms with van der Waals surface area (Å²) in [6, 6.07) is 4.53. The first-order valence-electron chi connectivity index (χ1n) is 23.6. The summed E-state index contributed by atoms with van der Waals surface area (Å²) in [4.78, 5) is 59.8. The Kier molecular flexibility index (Phi) is 12.9. The predicted octanol–water partition coefficient (Wildman–Crippen LogP) is 7.76. The highest BCUT2D eigenvalue weighted by Gasteiger charge is 2.62. The number of nitriles is 1. The van der Waals surface area contributed by atoms with Gasteiger partial charge in [-0.05, 0) is 103 Å². The molecule has 1 spiro atoms. The van der Waals surface area contributed by atoms with Crippen molar-refractivity contribution in [1.82, 2.24) is 15.1 Å². The van der Waals surface area contributed by atoms with E-state index >= 15 is 4.79 Å². The normalized spacial score (nSPS) is 25.2. The van der Waals surface area contributed by atoms with Crippen LogP contribution < -0.4 is 38.5 Å². The molecule has 10 rings (SSSR count). The van der Waals surface area contributed by atoms with E-state index in [2.05, 4.69) is 27.8 Å². The number of ether oxygens (including phenoxy) is 10. The van der Waals surface area contributed by atoms with Crippen LogP contribution in [0.2, 0.25) is 0 Å². The Morgan fingerprint density at radius 1 is 0.901 bits per heavy atom. The first-order chi connectivity index (χ1) is 33.6. The summed E-state index contributed by atoms with van der Waals surface area (Å²) in [7, 11) is 2.96. The number of thioether (sulfide) groups is 1. The number of methoxy groups -OCH3 is 2. The highest BCUT2D eigenvalue weighted by Crippen LogP contribution is 2.65. The van der Waals surface area contributed by atoms with Gasteiger partial charge in [-0.2, -0.15) is 5.26 Å². The first kappa shape index (κ1) is 49.8. The van der Waals surface area contributed by atoms with E-state index in [-0.39, 0.29) is 42.2 Å². The number of rotatable bonds is 7. The molecule has 2 unspecified atom stereocenters. The molecule has 2 fully saturated rings. The molecule has 71 heavy (non-hydrogen) atoms. The van der Waals surface area contributed by atoms with E-state index in [0.717, 1.165) is 5.56 Å². The molecule has 0 saturated carbocycles. The molecule has 18 nitrogen and oxygen atoms in total. The van der Waals surface area contributed by atoms with Crippen molar-refractivity contribution in [3.63, 3.8) is 0 Å². The van der Waals surface area contributed by atoms with E-state index in [1.54, 1.807) is 66.7 Å². The number of fused-ring (bicyclic) bond motifs is 9. The lowest BCUT2D eigenvalue weighted by molar-refractivity contribution is -0.157. The van der Waals surface area contributed by atoms with Gasteiger partial charge in [0, 0.05) is 60.1 Å². The number of hydrogen-bond acceptors (Lipinski definition) is 19. The molecule has 0 aliphatic carbocycles. The molecule has 0 amide bonds. The minimum Gasteiger partial charge on any atom is -0.493 e. The Morgan fingerprint density at radius 2 is 1.61 bits per heavy atom. The van der Waals surface area contributed by atoms with Gasteiger partial charge in [0.05, 0.1) is 37.6 Å². The maximum Gasteiger partial charge on any atom is 0.514 e. The van der Waals surface area contributed by atoms with Gasteiger partial charge in [-0.15, -0.1) is 18.3 Å². The van der Waals surface area contributed by atoms with Crippen molar-refractivity contribution in [1.29, 1.82) is 5.26 Å². The van der Waals surface area contributed by atoms with E-state index in [4.69, 9.17) is 47.4 Å². The summed E-state index contributed by atoms with van der Waals surface area (Å²) in [5.41, 5.74) is 1.94. The van der Waals surface area contributed by atoms with Crippen molar-refractivity contribution < 1.29 is 66.5 Å². The van der Waals surface area contributed by atoms with Crippen LogP contribution in [0.1, 0.15) is 110 Å². The van der Waals surface area contributed by atoms with Crippen molar-refractivity contribution in [2.24, 2.45) is 0 Å². The molecule has 3 aromatic carbocycles. The lowest BCUT2D eigenvalue weighted by atomic mass is 9.71. The highest BCUT2D eigenvalue weighted by atomic mass is 32.2. The second kappa shape index (κ2) is 18.4. The van der Waals surface area contributed by atoms with Crippen molar-refractivity contribution in [3.05, 3.63) is 75.4 Å². The molecule has 0 radical (unpaired) electrons. The minimum atomic E-state index is -1.52. The Morgan fingerprint density at radius 3 is 2.25 bits per heavy atom. The summed E-state index contributed by atoms with van der Waals surface area (Å²) >= 11 is 1.42. The third-order valence-electron chi connectivity index (χ3n) is 13.7. The molecular weight excluding hydrogens is 937 g/mol. The Hall–Kier alpha value is -6.20. The molecule has 0 aromatic heterocycles. The average Bonchev–Trinajstić information content (AvgIpc) is 3.78. The number of aryl methyl sites for hydroxylation is 1. The fourth-order valence-electron chi connectivity index (χ4n) is 11.3. The summed E-state index contributed by atoms with van der Waals surface area (Å²) in [5.74, 6) is 0.715. The molecule has 19 heteroatoms. The summed E-state index contributed by atoms with van der Waals surface area (Å²) in [6.45, 7) is 19.9. The van der Waals surface area contributed by atoms with Crippen LogP contribution in [0.4, 0.5) is 9.59 Å². The molecule has 378 valence electrons. The Bertz CT molecular complexity index is 2780. The van der Waals surface area contributed by atoms with Crippen LogP contribution in [0, 0.1) is 25.2 Å². The largest absolute Gasteiger partial charge is 0.514 e. The number of benzene rings is 3. The lowest BCUT2D eigenvalue weighted by Crippen LogP contribution is -2.70. The van der Waals surface area contributed by atoms with Gasteiger partial charge >= 0.3 is 24.2 Å². The van der Waals surface area contributed by atoms with Crippen LogP contribution in [0.25, 0.3) is 0 Å². The molecule has 7 aliphatic rings. The second-order valence-corrected chi connectivity index (χ2v) is 21.6. The SMILES string of the molecule is C=CCN1C2c3c(cc(C)c(OC)c3OC(=O)OC(C)(C)C)CC1[C@H](C#N)N1[C@H]2[C@@H]2SC[C@]3(NCCc4cc(OC(=O)OC(C)(C)C)c(OC)cc43)C(=O)OC[C@H]1c1c3c(c(C)c(OC(C)=O)c12)OCO3. The maximum atomic E-state index is 15.3. The highest BCUT2D eigenvalue weighted by molar-refractivity contribution is 7.99. The Balaban J connectivity index is 1.30. The van der Waals surface area contributed by atoms with Crippen molar-refractivity contribution in [3.8, 4) is 46.3 Å². The first-order valence-corrected chi connectivity index (χ1v) is 24.6. The van der Waals surface area contributed by atoms with Gasteiger partial charge < -0.3 is 47.4 Å². The van der Waals surface area contributed by atoms with Crippen molar-refractivity contribution >= 4 is 36.0 Å². The molecule has 7 atom stereocenters. The topological polar surface area (TPSA) is 203 Å². The molecule has 1 N–H and O–H groups in total. The smallest absolute Gasteiger partial charge is 0.493 e.